The van der Waals surface area contributed by atoms with E-state index in [1.54, 1.807) is 31.3 Å². The first-order valence-electron chi connectivity index (χ1n) is 7.93. The van der Waals surface area contributed by atoms with Gasteiger partial charge in [-0.3, -0.25) is 9.69 Å². The number of hydrogen-bond acceptors (Lipinski definition) is 4. The molecule has 0 aliphatic heterocycles. The predicted molar refractivity (Wildman–Crippen MR) is 99.1 cm³/mol. The van der Waals surface area contributed by atoms with Gasteiger partial charge in [0.15, 0.2) is 0 Å². The first-order valence-corrected chi connectivity index (χ1v) is 7.93. The fraction of sp³-hybridized carbons (Fsp3) is 0.222. The highest BCUT2D eigenvalue weighted by atomic mass is 16.2. The molecular formula is C18H23N5O2. The van der Waals surface area contributed by atoms with Crippen LogP contribution in [0.1, 0.15) is 11.1 Å². The Morgan fingerprint density at radius 2 is 1.44 bits per heavy atom. The summed E-state index contributed by atoms with van der Waals surface area (Å²) >= 11 is 0. The molecule has 0 atom stereocenters. The van der Waals surface area contributed by atoms with Gasteiger partial charge >= 0.3 is 6.03 Å². The Morgan fingerprint density at radius 3 is 1.96 bits per heavy atom. The van der Waals surface area contributed by atoms with Crippen LogP contribution < -0.4 is 27.0 Å². The summed E-state index contributed by atoms with van der Waals surface area (Å²) in [5.41, 5.74) is 14.4. The zero-order valence-electron chi connectivity index (χ0n) is 14.2. The van der Waals surface area contributed by atoms with Gasteiger partial charge in [0.2, 0.25) is 5.91 Å². The van der Waals surface area contributed by atoms with Crippen LogP contribution in [0.4, 0.5) is 16.2 Å². The van der Waals surface area contributed by atoms with E-state index in [1.807, 2.05) is 24.3 Å². The van der Waals surface area contributed by atoms with Crippen molar-refractivity contribution in [3.05, 3.63) is 59.7 Å². The molecule has 25 heavy (non-hydrogen) atoms. The Kier molecular flexibility index (Phi) is 6.50. The van der Waals surface area contributed by atoms with Crippen molar-refractivity contribution in [2.75, 3.05) is 23.8 Å². The van der Waals surface area contributed by atoms with Crippen molar-refractivity contribution in [1.82, 2.24) is 5.32 Å². The Morgan fingerprint density at radius 1 is 0.920 bits per heavy atom. The summed E-state index contributed by atoms with van der Waals surface area (Å²) < 4.78 is 0. The molecule has 2 aromatic carbocycles. The topological polar surface area (TPSA) is 113 Å². The minimum absolute atomic E-state index is 0.122. The highest BCUT2D eigenvalue weighted by Gasteiger charge is 2.12. The van der Waals surface area contributed by atoms with Crippen LogP contribution in [0.3, 0.4) is 0 Å². The molecule has 0 saturated heterocycles. The third kappa shape index (κ3) is 5.30. The second-order valence-corrected chi connectivity index (χ2v) is 5.54. The van der Waals surface area contributed by atoms with Crippen molar-refractivity contribution in [2.45, 2.75) is 13.1 Å². The molecule has 7 nitrogen and oxygen atoms in total. The van der Waals surface area contributed by atoms with Gasteiger partial charge in [0.25, 0.3) is 0 Å². The molecule has 0 fully saturated rings. The summed E-state index contributed by atoms with van der Waals surface area (Å²) in [6.45, 7) is 0.772. The number of carbonyl (C=O) groups excluding carboxylic acids is 2. The van der Waals surface area contributed by atoms with E-state index < -0.39 is 0 Å². The molecule has 0 aliphatic rings. The number of carbonyl (C=O) groups is 2. The Bertz CT molecular complexity index is 713. The lowest BCUT2D eigenvalue weighted by atomic mass is 10.2. The lowest BCUT2D eigenvalue weighted by Crippen LogP contribution is -2.41. The molecule has 7 heteroatoms. The third-order valence-electron chi connectivity index (χ3n) is 3.74. The fourth-order valence-corrected chi connectivity index (χ4v) is 2.18. The van der Waals surface area contributed by atoms with Gasteiger partial charge < -0.3 is 22.1 Å². The summed E-state index contributed by atoms with van der Waals surface area (Å²) in [5.74, 6) is -0.305. The lowest BCUT2D eigenvalue weighted by molar-refractivity contribution is -0.115. The Labute approximate surface area is 147 Å². The molecule has 0 heterocycles. The summed E-state index contributed by atoms with van der Waals surface area (Å²) in [6.07, 6.45) is 0. The highest BCUT2D eigenvalue weighted by molar-refractivity contribution is 5.97. The first-order chi connectivity index (χ1) is 12.0. The predicted octanol–water partition coefficient (Wildman–Crippen LogP) is 1.39. The monoisotopic (exact) mass is 341 g/mol. The van der Waals surface area contributed by atoms with Gasteiger partial charge in [-0.2, -0.15) is 0 Å². The Hall–Kier alpha value is -2.90. The van der Waals surface area contributed by atoms with E-state index in [1.165, 1.54) is 4.90 Å². The van der Waals surface area contributed by atoms with E-state index in [2.05, 4.69) is 10.6 Å². The number of anilines is 2. The third-order valence-corrected chi connectivity index (χ3v) is 3.74. The summed E-state index contributed by atoms with van der Waals surface area (Å²) in [7, 11) is 1.64. The second kappa shape index (κ2) is 8.81. The molecule has 0 radical (unpaired) electrons. The van der Waals surface area contributed by atoms with Crippen molar-refractivity contribution in [2.24, 2.45) is 11.5 Å². The average Bonchev–Trinajstić information content (AvgIpc) is 2.66. The number of nitrogens with zero attached hydrogens (tertiary/aromatic N) is 1. The number of rotatable bonds is 6. The van der Waals surface area contributed by atoms with Crippen molar-refractivity contribution in [3.63, 3.8) is 0 Å². The summed E-state index contributed by atoms with van der Waals surface area (Å²) in [5, 5.41) is 5.30. The van der Waals surface area contributed by atoms with Crippen LogP contribution >= 0.6 is 0 Å². The zero-order valence-corrected chi connectivity index (χ0v) is 14.2. The number of amides is 3. The van der Waals surface area contributed by atoms with Gasteiger partial charge in [-0.25, -0.2) is 4.79 Å². The van der Waals surface area contributed by atoms with Crippen LogP contribution in [-0.2, 0) is 17.9 Å². The average molecular weight is 341 g/mol. The molecule has 0 saturated carbocycles. The largest absolute Gasteiger partial charge is 0.329 e. The molecule has 0 spiro atoms. The van der Waals surface area contributed by atoms with Crippen LogP contribution in [-0.4, -0.2) is 25.5 Å². The summed E-state index contributed by atoms with van der Waals surface area (Å²) in [6, 6.07) is 14.2. The van der Waals surface area contributed by atoms with E-state index in [4.69, 9.17) is 11.5 Å². The Balaban J connectivity index is 1.83. The van der Waals surface area contributed by atoms with Gasteiger partial charge in [-0.05, 0) is 35.4 Å². The van der Waals surface area contributed by atoms with Gasteiger partial charge in [0.05, 0.1) is 6.54 Å². The van der Waals surface area contributed by atoms with Crippen LogP contribution in [0.15, 0.2) is 48.5 Å². The van der Waals surface area contributed by atoms with Crippen LogP contribution in [0.25, 0.3) is 0 Å². The number of urea groups is 1. The highest BCUT2D eigenvalue weighted by Crippen LogP contribution is 2.13. The standard InChI is InChI=1S/C18H23N5O2/c1-23(16-8-4-14(11-20)5-9-16)18(25)21-12-17(24)22-15-6-2-13(10-19)3-7-15/h2-9H,10-12,19-20H2,1H3,(H,21,25)(H,22,24). The van der Waals surface area contributed by atoms with E-state index in [0.717, 1.165) is 11.1 Å². The van der Waals surface area contributed by atoms with Crippen molar-refractivity contribution in [3.8, 4) is 0 Å². The molecule has 0 unspecified atom stereocenters. The smallest absolute Gasteiger partial charge is 0.322 e. The zero-order chi connectivity index (χ0) is 18.2. The number of benzene rings is 2. The van der Waals surface area contributed by atoms with Gasteiger partial charge in [0, 0.05) is 31.5 Å². The maximum absolute atomic E-state index is 12.1. The fourth-order valence-electron chi connectivity index (χ4n) is 2.18. The maximum Gasteiger partial charge on any atom is 0.322 e. The number of nitrogens with one attached hydrogen (secondary N) is 2. The number of hydrogen-bond donors (Lipinski definition) is 4. The molecular weight excluding hydrogens is 318 g/mol. The molecule has 0 bridgehead atoms. The second-order valence-electron chi connectivity index (χ2n) is 5.54. The maximum atomic E-state index is 12.1. The minimum Gasteiger partial charge on any atom is -0.329 e. The molecule has 132 valence electrons. The molecule has 6 N–H and O–H groups in total. The minimum atomic E-state index is -0.367. The van der Waals surface area contributed by atoms with Gasteiger partial charge in [-0.15, -0.1) is 0 Å². The van der Waals surface area contributed by atoms with Crippen molar-refractivity contribution < 1.29 is 9.59 Å². The van der Waals surface area contributed by atoms with Crippen LogP contribution in [0.5, 0.6) is 0 Å². The molecule has 0 aliphatic carbocycles. The van der Waals surface area contributed by atoms with E-state index in [9.17, 15) is 9.59 Å². The van der Waals surface area contributed by atoms with Gasteiger partial charge in [0.1, 0.15) is 0 Å². The summed E-state index contributed by atoms with van der Waals surface area (Å²) in [4.78, 5) is 25.5. The first kappa shape index (κ1) is 18.4. The SMILES string of the molecule is CN(C(=O)NCC(=O)Nc1ccc(CN)cc1)c1ccc(CN)cc1. The van der Waals surface area contributed by atoms with Crippen molar-refractivity contribution in [1.29, 1.82) is 0 Å². The van der Waals surface area contributed by atoms with E-state index in [0.29, 0.717) is 24.5 Å². The lowest BCUT2D eigenvalue weighted by Gasteiger charge is -2.18. The molecule has 2 rings (SSSR count). The van der Waals surface area contributed by atoms with Crippen LogP contribution in [0.2, 0.25) is 0 Å². The van der Waals surface area contributed by atoms with E-state index >= 15 is 0 Å². The van der Waals surface area contributed by atoms with Crippen molar-refractivity contribution >= 4 is 23.3 Å². The number of nitrogens with two attached hydrogens (primary N) is 2. The quantitative estimate of drug-likeness (QED) is 0.636. The molecule has 3 amide bonds. The van der Waals surface area contributed by atoms with Gasteiger partial charge in [-0.1, -0.05) is 24.3 Å². The molecule has 2 aromatic rings. The molecule has 0 aromatic heterocycles. The normalized spacial score (nSPS) is 10.2. The van der Waals surface area contributed by atoms with Crippen LogP contribution in [0, 0.1) is 0 Å². The van der Waals surface area contributed by atoms with E-state index in [-0.39, 0.29) is 18.5 Å².